The lowest BCUT2D eigenvalue weighted by Crippen LogP contribution is -2.18. The summed E-state index contributed by atoms with van der Waals surface area (Å²) in [6, 6.07) is 0. The first-order chi connectivity index (χ1) is 6.56. The Hall–Kier alpha value is -1.10. The van der Waals surface area contributed by atoms with Crippen LogP contribution in [0.3, 0.4) is 0 Å². The zero-order valence-corrected chi connectivity index (χ0v) is 8.23. The number of carboxylic acids is 1. The molecule has 0 amide bonds. The van der Waals surface area contributed by atoms with Gasteiger partial charge in [-0.3, -0.25) is 9.59 Å². The Labute approximate surface area is 83.2 Å². The van der Waals surface area contributed by atoms with Gasteiger partial charge in [-0.1, -0.05) is 0 Å². The van der Waals surface area contributed by atoms with Gasteiger partial charge in [-0.25, -0.2) is 0 Å². The van der Waals surface area contributed by atoms with Gasteiger partial charge in [0.2, 0.25) is 0 Å². The lowest BCUT2D eigenvalue weighted by Gasteiger charge is -2.13. The highest BCUT2D eigenvalue weighted by Crippen LogP contribution is 2.09. The monoisotopic (exact) mass is 202 g/mol. The molecule has 0 aromatic rings. The van der Waals surface area contributed by atoms with Crippen LogP contribution in [0.5, 0.6) is 0 Å². The van der Waals surface area contributed by atoms with E-state index in [-0.39, 0.29) is 24.9 Å². The second kappa shape index (κ2) is 7.32. The lowest BCUT2D eigenvalue weighted by molar-refractivity contribution is -0.142. The largest absolute Gasteiger partial charge is 0.481 e. The van der Waals surface area contributed by atoms with Crippen molar-refractivity contribution in [1.29, 1.82) is 0 Å². The van der Waals surface area contributed by atoms with Gasteiger partial charge in [-0.05, 0) is 25.3 Å². The molecular weight excluding hydrogens is 186 g/mol. The molecule has 0 fully saturated rings. The number of hydrogen-bond donors (Lipinski definition) is 2. The number of esters is 1. The van der Waals surface area contributed by atoms with E-state index in [0.717, 1.165) is 0 Å². The van der Waals surface area contributed by atoms with Gasteiger partial charge in [0.05, 0.1) is 6.61 Å². The third-order valence-electron chi connectivity index (χ3n) is 1.66. The maximum absolute atomic E-state index is 10.5. The first kappa shape index (κ1) is 12.9. The van der Waals surface area contributed by atoms with Crippen molar-refractivity contribution in [3.63, 3.8) is 0 Å². The maximum atomic E-state index is 10.5. The molecule has 1 unspecified atom stereocenters. The van der Waals surface area contributed by atoms with E-state index >= 15 is 0 Å². The second-order valence-electron chi connectivity index (χ2n) is 2.97. The summed E-state index contributed by atoms with van der Waals surface area (Å²) in [4.78, 5) is 20.8. The van der Waals surface area contributed by atoms with Gasteiger partial charge >= 0.3 is 11.9 Å². The van der Waals surface area contributed by atoms with Crippen molar-refractivity contribution in [2.45, 2.75) is 19.8 Å². The average molecular weight is 202 g/mol. The van der Waals surface area contributed by atoms with Crippen molar-refractivity contribution in [2.24, 2.45) is 11.7 Å². The van der Waals surface area contributed by atoms with E-state index in [1.807, 2.05) is 0 Å². The minimum atomic E-state index is -0.894. The van der Waals surface area contributed by atoms with E-state index in [1.54, 1.807) is 6.42 Å². The number of carbonyl (C=O) groups is 2. The Morgan fingerprint density at radius 2 is 2.21 bits per heavy atom. The predicted octanol–water partition coefficient (Wildman–Crippen LogP) is 0.193. The fourth-order valence-electron chi connectivity index (χ4n) is 0.975. The molecule has 0 aliphatic carbocycles. The zero-order chi connectivity index (χ0) is 11.0. The SMILES string of the molecule is CC(=O)OCC([CH]CC(=O)O)CCN. The van der Waals surface area contributed by atoms with Crippen LogP contribution in [0, 0.1) is 12.3 Å². The Bertz CT molecular complexity index is 175. The van der Waals surface area contributed by atoms with E-state index in [4.69, 9.17) is 15.6 Å². The molecule has 0 aliphatic rings. The van der Waals surface area contributed by atoms with E-state index in [0.29, 0.717) is 13.0 Å². The molecule has 5 heteroatoms. The van der Waals surface area contributed by atoms with Crippen LogP contribution in [0.15, 0.2) is 0 Å². The van der Waals surface area contributed by atoms with Crippen molar-refractivity contribution in [3.8, 4) is 0 Å². The highest BCUT2D eigenvalue weighted by molar-refractivity contribution is 5.68. The Morgan fingerprint density at radius 3 is 2.64 bits per heavy atom. The average Bonchev–Trinajstić information content (AvgIpc) is 2.09. The number of hydrogen-bond acceptors (Lipinski definition) is 4. The topological polar surface area (TPSA) is 89.6 Å². The molecule has 0 rings (SSSR count). The number of nitrogens with two attached hydrogens (primary N) is 1. The second-order valence-corrected chi connectivity index (χ2v) is 2.97. The fraction of sp³-hybridized carbons (Fsp3) is 0.667. The summed E-state index contributed by atoms with van der Waals surface area (Å²) in [5.74, 6) is -1.33. The van der Waals surface area contributed by atoms with Crippen LogP contribution in [-0.4, -0.2) is 30.2 Å². The van der Waals surface area contributed by atoms with Crippen molar-refractivity contribution in [2.75, 3.05) is 13.2 Å². The van der Waals surface area contributed by atoms with Crippen LogP contribution in [0.1, 0.15) is 19.8 Å². The summed E-state index contributed by atoms with van der Waals surface area (Å²) < 4.78 is 4.77. The molecule has 0 aromatic carbocycles. The Balaban J connectivity index is 3.76. The molecular formula is C9H16NO4. The summed E-state index contributed by atoms with van der Waals surface area (Å²) in [7, 11) is 0. The van der Waals surface area contributed by atoms with Crippen LogP contribution in [0.25, 0.3) is 0 Å². The quantitative estimate of drug-likeness (QED) is 0.575. The third-order valence-corrected chi connectivity index (χ3v) is 1.66. The Morgan fingerprint density at radius 1 is 1.57 bits per heavy atom. The minimum absolute atomic E-state index is 0.0358. The highest BCUT2D eigenvalue weighted by atomic mass is 16.5. The number of carboxylic acid groups (broad SMARTS) is 1. The van der Waals surface area contributed by atoms with Crippen LogP contribution in [-0.2, 0) is 14.3 Å². The molecule has 81 valence electrons. The van der Waals surface area contributed by atoms with Crippen molar-refractivity contribution < 1.29 is 19.4 Å². The van der Waals surface area contributed by atoms with Gasteiger partial charge < -0.3 is 15.6 Å². The molecule has 0 saturated heterocycles. The summed E-state index contributed by atoms with van der Waals surface area (Å²) in [6.07, 6.45) is 2.20. The molecule has 0 spiro atoms. The lowest BCUT2D eigenvalue weighted by atomic mass is 10.0. The number of carbonyl (C=O) groups excluding carboxylic acids is 1. The zero-order valence-electron chi connectivity index (χ0n) is 8.23. The van der Waals surface area contributed by atoms with Gasteiger partial charge in [-0.2, -0.15) is 0 Å². The van der Waals surface area contributed by atoms with Gasteiger partial charge in [0.25, 0.3) is 0 Å². The molecule has 0 bridgehead atoms. The van der Waals surface area contributed by atoms with E-state index in [2.05, 4.69) is 0 Å². The van der Waals surface area contributed by atoms with Gasteiger partial charge in [0, 0.05) is 13.3 Å². The van der Waals surface area contributed by atoms with Crippen LogP contribution < -0.4 is 5.73 Å². The molecule has 0 aromatic heterocycles. The standard InChI is InChI=1S/C9H16NO4/c1-7(11)14-6-8(4-5-10)2-3-9(12)13/h2,8H,3-6,10H2,1H3,(H,12,13). The minimum Gasteiger partial charge on any atom is -0.481 e. The van der Waals surface area contributed by atoms with Crippen molar-refractivity contribution >= 4 is 11.9 Å². The van der Waals surface area contributed by atoms with E-state index in [1.165, 1.54) is 6.92 Å². The summed E-state index contributed by atoms with van der Waals surface area (Å²) in [5, 5.41) is 8.44. The number of ether oxygens (including phenoxy) is 1. The molecule has 0 saturated carbocycles. The first-order valence-electron chi connectivity index (χ1n) is 4.44. The van der Waals surface area contributed by atoms with E-state index in [9.17, 15) is 9.59 Å². The molecule has 0 aliphatic heterocycles. The first-order valence-corrected chi connectivity index (χ1v) is 4.44. The summed E-state index contributed by atoms with van der Waals surface area (Å²) >= 11 is 0. The number of rotatable bonds is 7. The van der Waals surface area contributed by atoms with Crippen LogP contribution in [0.2, 0.25) is 0 Å². The fourth-order valence-corrected chi connectivity index (χ4v) is 0.975. The van der Waals surface area contributed by atoms with E-state index < -0.39 is 5.97 Å². The number of aliphatic carboxylic acids is 1. The normalized spacial score (nSPS) is 12.1. The molecule has 1 atom stereocenters. The summed E-state index contributed by atoms with van der Waals surface area (Å²) in [6.45, 7) is 1.97. The molecule has 3 N–H and O–H groups in total. The van der Waals surface area contributed by atoms with Crippen molar-refractivity contribution in [3.05, 3.63) is 6.42 Å². The van der Waals surface area contributed by atoms with Crippen molar-refractivity contribution in [1.82, 2.24) is 0 Å². The predicted molar refractivity (Wildman–Crippen MR) is 50.3 cm³/mol. The van der Waals surface area contributed by atoms with Gasteiger partial charge in [0.1, 0.15) is 0 Å². The van der Waals surface area contributed by atoms with Gasteiger partial charge in [0.15, 0.2) is 0 Å². The molecule has 0 heterocycles. The van der Waals surface area contributed by atoms with Gasteiger partial charge in [-0.15, -0.1) is 0 Å². The highest BCUT2D eigenvalue weighted by Gasteiger charge is 2.11. The Kier molecular flexibility index (Phi) is 6.74. The third kappa shape index (κ3) is 7.54. The smallest absolute Gasteiger partial charge is 0.303 e. The molecule has 14 heavy (non-hydrogen) atoms. The molecule has 1 radical (unpaired) electrons. The summed E-state index contributed by atoms with van der Waals surface area (Å²) in [5.41, 5.74) is 5.33. The van der Waals surface area contributed by atoms with Crippen LogP contribution in [0.4, 0.5) is 0 Å². The maximum Gasteiger partial charge on any atom is 0.303 e. The molecule has 5 nitrogen and oxygen atoms in total. The van der Waals surface area contributed by atoms with Crippen LogP contribution >= 0.6 is 0 Å².